The number of carbonyl (C=O) groups is 3. The van der Waals surface area contributed by atoms with E-state index >= 15 is 0 Å². The first-order valence-corrected chi connectivity index (χ1v) is 8.11. The Kier molecular flexibility index (Phi) is 5.98. The number of amides is 3. The summed E-state index contributed by atoms with van der Waals surface area (Å²) in [5.74, 6) is -0.889. The normalized spacial score (nSPS) is 16.8. The van der Waals surface area contributed by atoms with Crippen molar-refractivity contribution in [2.24, 2.45) is 5.92 Å². The summed E-state index contributed by atoms with van der Waals surface area (Å²) >= 11 is 6.11. The monoisotopic (exact) mass is 349 g/mol. The van der Waals surface area contributed by atoms with Crippen LogP contribution in [0.1, 0.15) is 19.8 Å². The number of nitrogens with one attached hydrogen (secondary N) is 2. The third-order valence-corrected chi connectivity index (χ3v) is 4.09. The van der Waals surface area contributed by atoms with Crippen LogP contribution in [0.25, 0.3) is 0 Å². The third-order valence-electron chi connectivity index (χ3n) is 3.76. The molecule has 6 nitrogen and oxygen atoms in total. The fourth-order valence-electron chi connectivity index (χ4n) is 2.46. The van der Waals surface area contributed by atoms with Gasteiger partial charge in [-0.1, -0.05) is 24.6 Å². The van der Waals surface area contributed by atoms with Crippen molar-refractivity contribution in [3.05, 3.63) is 35.9 Å². The summed E-state index contributed by atoms with van der Waals surface area (Å²) < 4.78 is 0. The van der Waals surface area contributed by atoms with E-state index in [9.17, 15) is 14.4 Å². The molecule has 0 aliphatic carbocycles. The van der Waals surface area contributed by atoms with Crippen LogP contribution in [0.15, 0.2) is 30.9 Å². The lowest BCUT2D eigenvalue weighted by Crippen LogP contribution is -2.28. The fourth-order valence-corrected chi connectivity index (χ4v) is 2.63. The van der Waals surface area contributed by atoms with Gasteiger partial charge in [0.1, 0.15) is 0 Å². The van der Waals surface area contributed by atoms with Gasteiger partial charge in [-0.15, -0.1) is 6.58 Å². The van der Waals surface area contributed by atoms with E-state index in [0.717, 1.165) is 0 Å². The number of hydrogen-bond donors (Lipinski definition) is 2. The average molecular weight is 350 g/mol. The SMILES string of the molecule is C=CCN1CC(C(=O)Nc2cc(NC(=O)CC)ccc2Cl)CC1=O. The molecule has 7 heteroatoms. The van der Waals surface area contributed by atoms with Gasteiger partial charge in [-0.25, -0.2) is 0 Å². The molecule has 1 unspecified atom stereocenters. The van der Waals surface area contributed by atoms with Crippen LogP contribution in [0.2, 0.25) is 5.02 Å². The van der Waals surface area contributed by atoms with Crippen LogP contribution < -0.4 is 10.6 Å². The highest BCUT2D eigenvalue weighted by atomic mass is 35.5. The van der Waals surface area contributed by atoms with Gasteiger partial charge >= 0.3 is 0 Å². The molecule has 1 fully saturated rings. The molecule has 0 spiro atoms. The van der Waals surface area contributed by atoms with Crippen molar-refractivity contribution in [2.45, 2.75) is 19.8 Å². The Morgan fingerprint density at radius 2 is 2.17 bits per heavy atom. The van der Waals surface area contributed by atoms with Gasteiger partial charge in [0.2, 0.25) is 17.7 Å². The number of likely N-dealkylation sites (tertiary alicyclic amines) is 1. The van der Waals surface area contributed by atoms with Gasteiger partial charge in [-0.05, 0) is 18.2 Å². The summed E-state index contributed by atoms with van der Waals surface area (Å²) in [4.78, 5) is 37.3. The smallest absolute Gasteiger partial charge is 0.229 e. The van der Waals surface area contributed by atoms with Gasteiger partial charge in [0.15, 0.2) is 0 Å². The van der Waals surface area contributed by atoms with Crippen molar-refractivity contribution >= 4 is 40.7 Å². The minimum absolute atomic E-state index is 0.0647. The maximum Gasteiger partial charge on any atom is 0.229 e. The van der Waals surface area contributed by atoms with Crippen molar-refractivity contribution in [3.63, 3.8) is 0 Å². The van der Waals surface area contributed by atoms with Crippen molar-refractivity contribution in [1.82, 2.24) is 4.90 Å². The van der Waals surface area contributed by atoms with Gasteiger partial charge in [-0.2, -0.15) is 0 Å². The topological polar surface area (TPSA) is 78.5 Å². The Labute approximate surface area is 145 Å². The van der Waals surface area contributed by atoms with Gasteiger partial charge in [0, 0.05) is 31.6 Å². The van der Waals surface area contributed by atoms with Gasteiger partial charge in [0.25, 0.3) is 0 Å². The molecule has 0 saturated carbocycles. The van der Waals surface area contributed by atoms with Crippen molar-refractivity contribution < 1.29 is 14.4 Å². The highest BCUT2D eigenvalue weighted by molar-refractivity contribution is 6.34. The molecule has 1 atom stereocenters. The summed E-state index contributed by atoms with van der Waals surface area (Å²) in [5, 5.41) is 5.82. The summed E-state index contributed by atoms with van der Waals surface area (Å²) in [6.07, 6.45) is 2.16. The van der Waals surface area contributed by atoms with Crippen LogP contribution in [-0.4, -0.2) is 35.7 Å². The predicted octanol–water partition coefficient (Wildman–Crippen LogP) is 2.66. The molecule has 1 aromatic rings. The van der Waals surface area contributed by atoms with Gasteiger partial charge in [0.05, 0.1) is 16.6 Å². The molecule has 2 N–H and O–H groups in total. The Balaban J connectivity index is 2.06. The van der Waals surface area contributed by atoms with E-state index in [1.54, 1.807) is 36.1 Å². The lowest BCUT2D eigenvalue weighted by Gasteiger charge is -2.15. The Hall–Kier alpha value is -2.34. The predicted molar refractivity (Wildman–Crippen MR) is 93.9 cm³/mol. The second-order valence-electron chi connectivity index (χ2n) is 5.57. The molecule has 3 amide bonds. The van der Waals surface area contributed by atoms with Crippen LogP contribution in [0, 0.1) is 5.92 Å². The van der Waals surface area contributed by atoms with E-state index < -0.39 is 5.92 Å². The molecule has 0 bridgehead atoms. The molecule has 0 aromatic heterocycles. The zero-order valence-electron chi connectivity index (χ0n) is 13.5. The first kappa shape index (κ1) is 18.0. The second-order valence-corrected chi connectivity index (χ2v) is 5.98. The lowest BCUT2D eigenvalue weighted by molar-refractivity contribution is -0.127. The number of rotatable bonds is 6. The minimum Gasteiger partial charge on any atom is -0.338 e. The van der Waals surface area contributed by atoms with Crippen LogP contribution in [0.3, 0.4) is 0 Å². The molecule has 1 heterocycles. The highest BCUT2D eigenvalue weighted by Crippen LogP contribution is 2.27. The largest absolute Gasteiger partial charge is 0.338 e. The third kappa shape index (κ3) is 4.35. The summed E-state index contributed by atoms with van der Waals surface area (Å²) in [7, 11) is 0. The van der Waals surface area contributed by atoms with Gasteiger partial charge in [-0.3, -0.25) is 14.4 Å². The van der Waals surface area contributed by atoms with Crippen LogP contribution >= 0.6 is 11.6 Å². The first-order chi connectivity index (χ1) is 11.4. The molecule has 1 saturated heterocycles. The molecule has 0 radical (unpaired) electrons. The Morgan fingerprint density at radius 1 is 1.42 bits per heavy atom. The quantitative estimate of drug-likeness (QED) is 0.775. The average Bonchev–Trinajstić information content (AvgIpc) is 2.92. The number of anilines is 2. The highest BCUT2D eigenvalue weighted by Gasteiger charge is 2.33. The summed E-state index contributed by atoms with van der Waals surface area (Å²) in [5.41, 5.74) is 0.961. The molecule has 24 heavy (non-hydrogen) atoms. The van der Waals surface area contributed by atoms with E-state index in [0.29, 0.717) is 35.9 Å². The second kappa shape index (κ2) is 7.97. The van der Waals surface area contributed by atoms with Gasteiger partial charge < -0.3 is 15.5 Å². The molecule has 1 aromatic carbocycles. The maximum atomic E-state index is 12.4. The summed E-state index contributed by atoms with van der Waals surface area (Å²) in [6, 6.07) is 4.87. The number of halogens is 1. The van der Waals surface area contributed by atoms with Crippen LogP contribution in [0.4, 0.5) is 11.4 Å². The molecule has 1 aliphatic heterocycles. The van der Waals surface area contributed by atoms with E-state index in [4.69, 9.17) is 11.6 Å². The minimum atomic E-state index is -0.428. The first-order valence-electron chi connectivity index (χ1n) is 7.73. The lowest BCUT2D eigenvalue weighted by atomic mass is 10.1. The van der Waals surface area contributed by atoms with Crippen molar-refractivity contribution in [2.75, 3.05) is 23.7 Å². The molecule has 1 aliphatic rings. The van der Waals surface area contributed by atoms with E-state index in [1.807, 2.05) is 0 Å². The maximum absolute atomic E-state index is 12.4. The van der Waals surface area contributed by atoms with E-state index in [-0.39, 0.29) is 24.1 Å². The number of benzene rings is 1. The van der Waals surface area contributed by atoms with Crippen LogP contribution in [-0.2, 0) is 14.4 Å². The van der Waals surface area contributed by atoms with Crippen molar-refractivity contribution in [1.29, 1.82) is 0 Å². The molecule has 2 rings (SSSR count). The zero-order valence-corrected chi connectivity index (χ0v) is 14.2. The Morgan fingerprint density at radius 3 is 2.83 bits per heavy atom. The Bertz CT molecular complexity index is 675. The molecular formula is C17H20ClN3O3. The standard InChI is InChI=1S/C17H20ClN3O3/c1-3-7-21-10-11(8-16(21)23)17(24)20-14-9-12(5-6-13(14)18)19-15(22)4-2/h3,5-6,9,11H,1,4,7-8,10H2,2H3,(H,19,22)(H,20,24). The molecule has 128 valence electrons. The zero-order chi connectivity index (χ0) is 17.7. The molecular weight excluding hydrogens is 330 g/mol. The number of hydrogen-bond acceptors (Lipinski definition) is 3. The van der Waals surface area contributed by atoms with E-state index in [2.05, 4.69) is 17.2 Å². The van der Waals surface area contributed by atoms with Crippen molar-refractivity contribution in [3.8, 4) is 0 Å². The van der Waals surface area contributed by atoms with Crippen LogP contribution in [0.5, 0.6) is 0 Å². The fraction of sp³-hybridized carbons (Fsp3) is 0.353. The number of carbonyl (C=O) groups excluding carboxylic acids is 3. The summed E-state index contributed by atoms with van der Waals surface area (Å²) in [6.45, 7) is 6.15. The number of nitrogens with zero attached hydrogens (tertiary/aromatic N) is 1. The van der Waals surface area contributed by atoms with E-state index in [1.165, 1.54) is 0 Å².